The van der Waals surface area contributed by atoms with E-state index in [1.807, 2.05) is 25.1 Å². The number of aromatic nitrogens is 6. The van der Waals surface area contributed by atoms with Gasteiger partial charge < -0.3 is 30.4 Å². The predicted octanol–water partition coefficient (Wildman–Crippen LogP) is 1.33. The maximum atomic E-state index is 12.9. The molecule has 11 heteroatoms. The maximum Gasteiger partial charge on any atom is 0.222 e. The number of H-pyrrole nitrogens is 1. The molecule has 35 heavy (non-hydrogen) atoms. The van der Waals surface area contributed by atoms with Crippen LogP contribution >= 0.6 is 0 Å². The van der Waals surface area contributed by atoms with Crippen LogP contribution in [0.5, 0.6) is 0 Å². The smallest absolute Gasteiger partial charge is 0.222 e. The number of anilines is 1. The fraction of sp³-hybridized carbons (Fsp3) is 0.458. The molecule has 184 valence electrons. The molecule has 1 aromatic carbocycles. The number of carbonyl (C=O) groups excluding carboxylic acids is 1. The molecular formula is C24H30N8O3. The molecule has 4 aromatic rings. The van der Waals surface area contributed by atoms with E-state index in [2.05, 4.69) is 24.9 Å². The largest absolute Gasteiger partial charge is 0.390 e. The molecule has 0 bridgehead atoms. The molecule has 0 radical (unpaired) electrons. The minimum absolute atomic E-state index is 0.0151. The number of rotatable bonds is 6. The van der Waals surface area contributed by atoms with E-state index in [0.29, 0.717) is 43.3 Å². The van der Waals surface area contributed by atoms with E-state index in [1.165, 1.54) is 6.33 Å². The number of aliphatic hydroxyl groups excluding tert-OH is 1. The number of carbonyl (C=O) groups is 1. The minimum atomic E-state index is -1.36. The Bertz CT molecular complexity index is 1380. The normalized spacial score (nSPS) is 22.6. The first-order valence-electron chi connectivity index (χ1n) is 11.8. The van der Waals surface area contributed by atoms with Gasteiger partial charge in [-0.1, -0.05) is 6.07 Å². The second kappa shape index (κ2) is 8.90. The van der Waals surface area contributed by atoms with Crippen molar-refractivity contribution in [2.45, 2.75) is 63.3 Å². The van der Waals surface area contributed by atoms with Gasteiger partial charge in [-0.05, 0) is 50.3 Å². The van der Waals surface area contributed by atoms with Crippen molar-refractivity contribution in [2.75, 3.05) is 12.8 Å². The molecular weight excluding hydrogens is 448 g/mol. The van der Waals surface area contributed by atoms with Gasteiger partial charge in [0.2, 0.25) is 5.91 Å². The van der Waals surface area contributed by atoms with Crippen molar-refractivity contribution in [3.05, 3.63) is 42.2 Å². The van der Waals surface area contributed by atoms with Crippen LogP contribution in [0.1, 0.15) is 37.1 Å². The summed E-state index contributed by atoms with van der Waals surface area (Å²) in [6.07, 6.45) is 4.10. The third-order valence-corrected chi connectivity index (χ3v) is 7.13. The first-order chi connectivity index (χ1) is 16.7. The number of benzene rings is 1. The molecule has 1 fully saturated rings. The molecule has 1 aliphatic carbocycles. The average Bonchev–Trinajstić information content (AvgIpc) is 3.41. The second-order valence-corrected chi connectivity index (χ2v) is 9.53. The average molecular weight is 479 g/mol. The van der Waals surface area contributed by atoms with Crippen LogP contribution in [0.15, 0.2) is 30.9 Å². The lowest BCUT2D eigenvalue weighted by Gasteiger charge is -2.43. The SMILES string of the molecule is Cc1nc2ccc(CCC(=O)N(C)[C@H]3CC[C@@](O)(Cn4cnc5c(N)ncnc54)[C@H](O)C3)cc2[nH]1. The Kier molecular flexibility index (Phi) is 5.89. The van der Waals surface area contributed by atoms with Gasteiger partial charge >= 0.3 is 0 Å². The zero-order valence-electron chi connectivity index (χ0n) is 19.8. The number of nitrogen functional groups attached to an aromatic ring is 1. The summed E-state index contributed by atoms with van der Waals surface area (Å²) < 4.78 is 1.68. The standard InChI is InChI=1S/C24H30N8O3/c1-14-29-17-5-3-15(9-18(17)30-14)4-6-20(34)31(2)16-7-8-24(35,19(33)10-16)11-32-13-28-21-22(25)26-12-27-23(21)32/h3,5,9,12-13,16,19,33,35H,4,6-8,10-11H2,1-2H3,(H,29,30)(H2,25,26,27)/t16-,19+,24+/m0/s1. The summed E-state index contributed by atoms with van der Waals surface area (Å²) in [6, 6.07) is 5.85. The van der Waals surface area contributed by atoms with E-state index in [1.54, 1.807) is 22.8 Å². The molecule has 0 saturated heterocycles. The van der Waals surface area contributed by atoms with E-state index in [9.17, 15) is 15.0 Å². The Balaban J connectivity index is 1.19. The Hall–Kier alpha value is -3.57. The van der Waals surface area contributed by atoms with E-state index in [4.69, 9.17) is 5.73 Å². The number of hydrogen-bond acceptors (Lipinski definition) is 8. The highest BCUT2D eigenvalue weighted by molar-refractivity contribution is 5.81. The number of nitrogens with one attached hydrogen (secondary N) is 1. The summed E-state index contributed by atoms with van der Waals surface area (Å²) in [5.41, 5.74) is 8.42. The molecule has 3 heterocycles. The first kappa shape index (κ1) is 23.2. The number of nitrogens with zero attached hydrogens (tertiary/aromatic N) is 6. The van der Waals surface area contributed by atoms with Crippen molar-refractivity contribution in [1.29, 1.82) is 0 Å². The molecule has 5 N–H and O–H groups in total. The van der Waals surface area contributed by atoms with Crippen LogP contribution in [-0.2, 0) is 17.8 Å². The van der Waals surface area contributed by atoms with Crippen molar-refractivity contribution < 1.29 is 15.0 Å². The third-order valence-electron chi connectivity index (χ3n) is 7.13. The van der Waals surface area contributed by atoms with Gasteiger partial charge in [0.25, 0.3) is 0 Å². The lowest BCUT2D eigenvalue weighted by molar-refractivity contribution is -0.143. The van der Waals surface area contributed by atoms with Gasteiger partial charge in [0, 0.05) is 19.5 Å². The molecule has 3 atom stereocenters. The number of aliphatic hydroxyl groups is 2. The van der Waals surface area contributed by atoms with Crippen LogP contribution in [0, 0.1) is 6.92 Å². The highest BCUT2D eigenvalue weighted by atomic mass is 16.3. The number of imidazole rings is 2. The Morgan fingerprint density at radius 1 is 1.34 bits per heavy atom. The van der Waals surface area contributed by atoms with Crippen LogP contribution in [0.3, 0.4) is 0 Å². The molecule has 0 unspecified atom stereocenters. The Morgan fingerprint density at radius 3 is 2.97 bits per heavy atom. The summed E-state index contributed by atoms with van der Waals surface area (Å²) in [6.45, 7) is 2.04. The molecule has 1 aliphatic rings. The van der Waals surface area contributed by atoms with Crippen molar-refractivity contribution in [3.8, 4) is 0 Å². The number of aromatic amines is 1. The lowest BCUT2D eigenvalue weighted by Crippen LogP contribution is -2.54. The molecule has 3 aromatic heterocycles. The van der Waals surface area contributed by atoms with Crippen molar-refractivity contribution in [1.82, 2.24) is 34.4 Å². The topological polar surface area (TPSA) is 159 Å². The van der Waals surface area contributed by atoms with E-state index in [-0.39, 0.29) is 24.3 Å². The Morgan fingerprint density at radius 2 is 2.17 bits per heavy atom. The maximum absolute atomic E-state index is 12.9. The molecule has 0 spiro atoms. The quantitative estimate of drug-likeness (QED) is 0.323. The van der Waals surface area contributed by atoms with Crippen LogP contribution in [0.25, 0.3) is 22.2 Å². The number of amides is 1. The fourth-order valence-corrected chi connectivity index (χ4v) is 4.99. The first-order valence-corrected chi connectivity index (χ1v) is 11.8. The van der Waals surface area contributed by atoms with Gasteiger partial charge in [-0.2, -0.15) is 0 Å². The molecule has 11 nitrogen and oxygen atoms in total. The molecule has 1 saturated carbocycles. The fourth-order valence-electron chi connectivity index (χ4n) is 4.99. The summed E-state index contributed by atoms with van der Waals surface area (Å²) in [5.74, 6) is 1.15. The van der Waals surface area contributed by atoms with Gasteiger partial charge in [-0.3, -0.25) is 4.79 Å². The number of nitrogens with two attached hydrogens (primary N) is 1. The van der Waals surface area contributed by atoms with Gasteiger partial charge in [0.05, 0.1) is 30.0 Å². The second-order valence-electron chi connectivity index (χ2n) is 9.53. The number of aryl methyl sites for hydroxylation is 2. The summed E-state index contributed by atoms with van der Waals surface area (Å²) >= 11 is 0. The van der Waals surface area contributed by atoms with Crippen molar-refractivity contribution >= 4 is 33.9 Å². The van der Waals surface area contributed by atoms with E-state index < -0.39 is 11.7 Å². The van der Waals surface area contributed by atoms with E-state index in [0.717, 1.165) is 22.4 Å². The van der Waals surface area contributed by atoms with Crippen LogP contribution < -0.4 is 5.73 Å². The van der Waals surface area contributed by atoms with Crippen molar-refractivity contribution in [3.63, 3.8) is 0 Å². The van der Waals surface area contributed by atoms with Crippen LogP contribution in [0.2, 0.25) is 0 Å². The highest BCUT2D eigenvalue weighted by Crippen LogP contribution is 2.33. The molecule has 1 amide bonds. The monoisotopic (exact) mass is 478 g/mol. The van der Waals surface area contributed by atoms with Crippen LogP contribution in [0.4, 0.5) is 5.82 Å². The molecule has 5 rings (SSSR count). The zero-order chi connectivity index (χ0) is 24.7. The molecule has 0 aliphatic heterocycles. The third kappa shape index (κ3) is 4.44. The van der Waals surface area contributed by atoms with Crippen LogP contribution in [-0.4, -0.2) is 75.3 Å². The number of hydrogen-bond donors (Lipinski definition) is 4. The van der Waals surface area contributed by atoms with Gasteiger partial charge in [0.1, 0.15) is 23.3 Å². The van der Waals surface area contributed by atoms with Gasteiger partial charge in [-0.15, -0.1) is 0 Å². The lowest BCUT2D eigenvalue weighted by atomic mass is 9.79. The predicted molar refractivity (Wildman–Crippen MR) is 130 cm³/mol. The minimum Gasteiger partial charge on any atom is -0.390 e. The highest BCUT2D eigenvalue weighted by Gasteiger charge is 2.43. The Labute approximate surface area is 202 Å². The van der Waals surface area contributed by atoms with Gasteiger partial charge in [0.15, 0.2) is 11.5 Å². The summed E-state index contributed by atoms with van der Waals surface area (Å²) in [4.78, 5) is 34.6. The van der Waals surface area contributed by atoms with Gasteiger partial charge in [-0.25, -0.2) is 19.9 Å². The summed E-state index contributed by atoms with van der Waals surface area (Å²) in [7, 11) is 1.77. The number of fused-ring (bicyclic) bond motifs is 2. The summed E-state index contributed by atoms with van der Waals surface area (Å²) in [5, 5.41) is 22.1. The zero-order valence-corrected chi connectivity index (χ0v) is 19.8. The van der Waals surface area contributed by atoms with Crippen molar-refractivity contribution in [2.24, 2.45) is 0 Å². The van der Waals surface area contributed by atoms with E-state index >= 15 is 0 Å².